The van der Waals surface area contributed by atoms with Gasteiger partial charge in [0.25, 0.3) is 0 Å². The van der Waals surface area contributed by atoms with E-state index in [9.17, 15) is 0 Å². The Bertz CT molecular complexity index is 156. The van der Waals surface area contributed by atoms with E-state index in [0.29, 0.717) is 5.54 Å². The lowest BCUT2D eigenvalue weighted by Gasteiger charge is -2.25. The molecular formula is C12H25NO2. The minimum absolute atomic E-state index is 0.385. The van der Waals surface area contributed by atoms with Crippen LogP contribution in [0.15, 0.2) is 0 Å². The van der Waals surface area contributed by atoms with Crippen LogP contribution in [-0.4, -0.2) is 39.0 Å². The molecule has 1 saturated carbocycles. The molecule has 0 aromatic rings. The predicted octanol–water partition coefficient (Wildman–Crippen LogP) is 1.96. The molecule has 3 nitrogen and oxygen atoms in total. The first kappa shape index (κ1) is 12.9. The molecule has 0 spiro atoms. The molecule has 1 aliphatic rings. The molecule has 1 aliphatic carbocycles. The average molecular weight is 215 g/mol. The molecule has 1 N–H and O–H groups in total. The van der Waals surface area contributed by atoms with E-state index in [2.05, 4.69) is 12.2 Å². The molecule has 1 fully saturated rings. The summed E-state index contributed by atoms with van der Waals surface area (Å²) in [5, 5.41) is 3.59. The standard InChI is InChI=1S/C12H25NO2/c1-12(6-3-4-7-12)13-8-11-15-10-5-9-14-2/h13H,3-11H2,1-2H3. The van der Waals surface area contributed by atoms with Crippen molar-refractivity contribution in [3.05, 3.63) is 0 Å². The monoisotopic (exact) mass is 215 g/mol. The number of hydrogen-bond acceptors (Lipinski definition) is 3. The van der Waals surface area contributed by atoms with Crippen LogP contribution in [0.2, 0.25) is 0 Å². The summed E-state index contributed by atoms with van der Waals surface area (Å²) in [4.78, 5) is 0. The van der Waals surface area contributed by atoms with E-state index in [0.717, 1.165) is 32.8 Å². The van der Waals surface area contributed by atoms with E-state index in [4.69, 9.17) is 9.47 Å². The molecular weight excluding hydrogens is 190 g/mol. The van der Waals surface area contributed by atoms with Crippen LogP contribution in [0.25, 0.3) is 0 Å². The second kappa shape index (κ2) is 7.20. The van der Waals surface area contributed by atoms with Crippen molar-refractivity contribution in [3.8, 4) is 0 Å². The molecule has 0 heterocycles. The Kier molecular flexibility index (Phi) is 6.22. The smallest absolute Gasteiger partial charge is 0.0591 e. The van der Waals surface area contributed by atoms with Gasteiger partial charge in [0.1, 0.15) is 0 Å². The van der Waals surface area contributed by atoms with Gasteiger partial charge in [-0.25, -0.2) is 0 Å². The molecule has 0 bridgehead atoms. The second-order valence-corrected chi connectivity index (χ2v) is 4.65. The summed E-state index contributed by atoms with van der Waals surface area (Å²) in [6.45, 7) is 5.73. The van der Waals surface area contributed by atoms with Gasteiger partial charge in [0.05, 0.1) is 6.61 Å². The van der Waals surface area contributed by atoms with Crippen molar-refractivity contribution < 1.29 is 9.47 Å². The van der Waals surface area contributed by atoms with Crippen LogP contribution in [0.4, 0.5) is 0 Å². The van der Waals surface area contributed by atoms with Crippen LogP contribution in [0.5, 0.6) is 0 Å². The van der Waals surface area contributed by atoms with E-state index in [1.807, 2.05) is 0 Å². The summed E-state index contributed by atoms with van der Waals surface area (Å²) in [6, 6.07) is 0. The Morgan fingerprint density at radius 1 is 1.13 bits per heavy atom. The Hall–Kier alpha value is -0.120. The Balaban J connectivity index is 1.88. The van der Waals surface area contributed by atoms with Crippen LogP contribution in [-0.2, 0) is 9.47 Å². The van der Waals surface area contributed by atoms with Crippen LogP contribution in [0.1, 0.15) is 39.0 Å². The van der Waals surface area contributed by atoms with Crippen molar-refractivity contribution in [1.29, 1.82) is 0 Å². The van der Waals surface area contributed by atoms with Gasteiger partial charge < -0.3 is 14.8 Å². The van der Waals surface area contributed by atoms with Crippen molar-refractivity contribution in [2.75, 3.05) is 33.5 Å². The molecule has 0 unspecified atom stereocenters. The van der Waals surface area contributed by atoms with E-state index in [1.54, 1.807) is 7.11 Å². The summed E-state index contributed by atoms with van der Waals surface area (Å²) in [5.74, 6) is 0. The Labute approximate surface area is 93.5 Å². The minimum Gasteiger partial charge on any atom is -0.385 e. The van der Waals surface area contributed by atoms with Crippen LogP contribution < -0.4 is 5.32 Å². The van der Waals surface area contributed by atoms with Crippen molar-refractivity contribution in [1.82, 2.24) is 5.32 Å². The summed E-state index contributed by atoms with van der Waals surface area (Å²) in [6.07, 6.45) is 6.37. The van der Waals surface area contributed by atoms with Gasteiger partial charge in [0, 0.05) is 32.4 Å². The fourth-order valence-electron chi connectivity index (χ4n) is 2.16. The molecule has 15 heavy (non-hydrogen) atoms. The van der Waals surface area contributed by atoms with E-state index < -0.39 is 0 Å². The lowest BCUT2D eigenvalue weighted by Crippen LogP contribution is -2.41. The Morgan fingerprint density at radius 3 is 2.53 bits per heavy atom. The van der Waals surface area contributed by atoms with Crippen molar-refractivity contribution in [2.24, 2.45) is 0 Å². The van der Waals surface area contributed by atoms with Gasteiger partial charge in [-0.15, -0.1) is 0 Å². The van der Waals surface area contributed by atoms with Gasteiger partial charge in [-0.1, -0.05) is 12.8 Å². The zero-order valence-electron chi connectivity index (χ0n) is 10.2. The molecule has 1 rings (SSSR count). The topological polar surface area (TPSA) is 30.5 Å². The molecule has 0 radical (unpaired) electrons. The van der Waals surface area contributed by atoms with Crippen LogP contribution in [0.3, 0.4) is 0 Å². The highest BCUT2D eigenvalue weighted by atomic mass is 16.5. The quantitative estimate of drug-likeness (QED) is 0.628. The molecule has 0 aromatic carbocycles. The van der Waals surface area contributed by atoms with Gasteiger partial charge in [0.15, 0.2) is 0 Å². The van der Waals surface area contributed by atoms with Gasteiger partial charge in [-0.3, -0.25) is 0 Å². The number of ether oxygens (including phenoxy) is 2. The number of methoxy groups -OCH3 is 1. The molecule has 90 valence electrons. The van der Waals surface area contributed by atoms with Crippen molar-refractivity contribution in [2.45, 2.75) is 44.6 Å². The molecule has 0 atom stereocenters. The number of rotatable bonds is 8. The van der Waals surface area contributed by atoms with Gasteiger partial charge in [-0.2, -0.15) is 0 Å². The molecule has 3 heteroatoms. The highest BCUT2D eigenvalue weighted by Crippen LogP contribution is 2.28. The maximum Gasteiger partial charge on any atom is 0.0591 e. The largest absolute Gasteiger partial charge is 0.385 e. The van der Waals surface area contributed by atoms with Crippen LogP contribution >= 0.6 is 0 Å². The van der Waals surface area contributed by atoms with Gasteiger partial charge in [0.2, 0.25) is 0 Å². The van der Waals surface area contributed by atoms with Crippen LogP contribution in [0, 0.1) is 0 Å². The van der Waals surface area contributed by atoms with Crippen molar-refractivity contribution in [3.63, 3.8) is 0 Å². The van der Waals surface area contributed by atoms with E-state index in [-0.39, 0.29) is 0 Å². The summed E-state index contributed by atoms with van der Waals surface area (Å²) in [5.41, 5.74) is 0.385. The Morgan fingerprint density at radius 2 is 1.87 bits per heavy atom. The fourth-order valence-corrected chi connectivity index (χ4v) is 2.16. The summed E-state index contributed by atoms with van der Waals surface area (Å²) in [7, 11) is 1.72. The predicted molar refractivity (Wildman–Crippen MR) is 62.2 cm³/mol. The minimum atomic E-state index is 0.385. The highest BCUT2D eigenvalue weighted by molar-refractivity contribution is 4.87. The number of hydrogen-bond donors (Lipinski definition) is 1. The lowest BCUT2D eigenvalue weighted by molar-refractivity contribution is 0.100. The van der Waals surface area contributed by atoms with E-state index in [1.165, 1.54) is 25.7 Å². The summed E-state index contributed by atoms with van der Waals surface area (Å²) < 4.78 is 10.4. The SMILES string of the molecule is COCCCOCCNC1(C)CCCC1. The third kappa shape index (κ3) is 5.50. The zero-order valence-corrected chi connectivity index (χ0v) is 10.2. The molecule has 0 saturated heterocycles. The molecule has 0 aromatic heterocycles. The number of nitrogens with one attached hydrogen (secondary N) is 1. The van der Waals surface area contributed by atoms with Crippen molar-refractivity contribution >= 4 is 0 Å². The first-order valence-electron chi connectivity index (χ1n) is 6.08. The third-order valence-corrected chi connectivity index (χ3v) is 3.14. The maximum absolute atomic E-state index is 5.50. The maximum atomic E-state index is 5.50. The fraction of sp³-hybridized carbons (Fsp3) is 1.00. The third-order valence-electron chi connectivity index (χ3n) is 3.14. The highest BCUT2D eigenvalue weighted by Gasteiger charge is 2.27. The molecule has 0 aliphatic heterocycles. The first-order valence-corrected chi connectivity index (χ1v) is 6.08. The zero-order chi connectivity index (χ0) is 11.0. The van der Waals surface area contributed by atoms with E-state index >= 15 is 0 Å². The van der Waals surface area contributed by atoms with Gasteiger partial charge in [-0.05, 0) is 26.2 Å². The average Bonchev–Trinajstić information content (AvgIpc) is 2.64. The molecule has 0 amide bonds. The lowest BCUT2D eigenvalue weighted by atomic mass is 10.0. The normalized spacial score (nSPS) is 19.6. The van der Waals surface area contributed by atoms with Gasteiger partial charge >= 0.3 is 0 Å². The second-order valence-electron chi connectivity index (χ2n) is 4.65. The summed E-state index contributed by atoms with van der Waals surface area (Å²) >= 11 is 0. The first-order chi connectivity index (χ1) is 7.27.